The van der Waals surface area contributed by atoms with E-state index in [0.29, 0.717) is 54.6 Å². The number of carbonyl (C=O) groups is 2. The van der Waals surface area contributed by atoms with Crippen molar-refractivity contribution in [3.05, 3.63) is 83.0 Å². The molecule has 2 bridgehead atoms. The summed E-state index contributed by atoms with van der Waals surface area (Å²) >= 11 is 6.18. The average Bonchev–Trinajstić information content (AvgIpc) is 2.89. The number of aromatic nitrogens is 1. The number of benzene rings is 2. The fourth-order valence-electron chi connectivity index (χ4n) is 5.38. The van der Waals surface area contributed by atoms with Crippen LogP contribution in [-0.4, -0.2) is 53.7 Å². The molecule has 0 aliphatic carbocycles. The molecule has 2 saturated heterocycles. The number of anilines is 2. The van der Waals surface area contributed by atoms with E-state index in [1.165, 1.54) is 0 Å². The molecule has 0 spiro atoms. The van der Waals surface area contributed by atoms with E-state index in [1.807, 2.05) is 54.3 Å². The van der Waals surface area contributed by atoms with Crippen LogP contribution in [0.3, 0.4) is 0 Å². The molecule has 3 aliphatic heterocycles. The van der Waals surface area contributed by atoms with Gasteiger partial charge in [-0.3, -0.25) is 9.69 Å². The molecular weight excluding hydrogens is 478 g/mol. The van der Waals surface area contributed by atoms with Crippen LogP contribution in [0.1, 0.15) is 35.3 Å². The number of fused-ring (bicyclic) bond motifs is 4. The van der Waals surface area contributed by atoms with Gasteiger partial charge in [-0.1, -0.05) is 23.7 Å². The monoisotopic (exact) mass is 503 g/mol. The molecule has 36 heavy (non-hydrogen) atoms. The summed E-state index contributed by atoms with van der Waals surface area (Å²) < 4.78 is 6.35. The number of piperazine rings is 1. The van der Waals surface area contributed by atoms with E-state index in [1.54, 1.807) is 29.3 Å². The number of urea groups is 1. The second-order valence-electron chi connectivity index (χ2n) is 9.52. The van der Waals surface area contributed by atoms with Crippen molar-refractivity contribution in [3.8, 4) is 5.75 Å². The van der Waals surface area contributed by atoms with Gasteiger partial charge in [-0.05, 0) is 55.5 Å². The molecule has 4 heterocycles. The van der Waals surface area contributed by atoms with Crippen molar-refractivity contribution in [1.29, 1.82) is 0 Å². The van der Waals surface area contributed by atoms with Gasteiger partial charge in [0.25, 0.3) is 5.91 Å². The Morgan fingerprint density at radius 2 is 1.92 bits per heavy atom. The molecule has 6 rings (SSSR count). The quantitative estimate of drug-likeness (QED) is 0.570. The molecule has 3 aromatic rings. The minimum absolute atomic E-state index is 0.0532. The van der Waals surface area contributed by atoms with Gasteiger partial charge in [0, 0.05) is 54.9 Å². The zero-order chi connectivity index (χ0) is 24.9. The SMILES string of the molecule is CC12CC(NC(=O)N1c1cccc(C(=O)N3CCN(c4ccccn4)CC3)c1)c1cc(Cl)ccc1O2. The van der Waals surface area contributed by atoms with Crippen LogP contribution in [0.5, 0.6) is 5.75 Å². The molecule has 0 radical (unpaired) electrons. The highest BCUT2D eigenvalue weighted by Crippen LogP contribution is 2.46. The van der Waals surface area contributed by atoms with Crippen molar-refractivity contribution in [1.82, 2.24) is 15.2 Å². The van der Waals surface area contributed by atoms with Crippen LogP contribution in [0.25, 0.3) is 0 Å². The third-order valence-corrected chi connectivity index (χ3v) is 7.36. The Morgan fingerprint density at radius 3 is 2.69 bits per heavy atom. The van der Waals surface area contributed by atoms with Crippen molar-refractivity contribution in [2.75, 3.05) is 36.0 Å². The highest BCUT2D eigenvalue weighted by atomic mass is 35.5. The lowest BCUT2D eigenvalue weighted by molar-refractivity contribution is 0.0378. The fraction of sp³-hybridized carbons (Fsp3) is 0.296. The minimum Gasteiger partial charge on any atom is -0.467 e. The van der Waals surface area contributed by atoms with Crippen molar-refractivity contribution in [2.24, 2.45) is 0 Å². The van der Waals surface area contributed by atoms with Crippen LogP contribution >= 0.6 is 11.6 Å². The Kier molecular flexibility index (Phi) is 5.48. The number of ether oxygens (including phenoxy) is 1. The van der Waals surface area contributed by atoms with Gasteiger partial charge >= 0.3 is 6.03 Å². The van der Waals surface area contributed by atoms with E-state index in [4.69, 9.17) is 16.3 Å². The van der Waals surface area contributed by atoms with E-state index in [2.05, 4.69) is 15.2 Å². The Labute approximate surface area is 214 Å². The number of pyridine rings is 1. The summed E-state index contributed by atoms with van der Waals surface area (Å²) in [6.45, 7) is 4.54. The number of halogens is 1. The molecule has 2 fully saturated rings. The van der Waals surface area contributed by atoms with Gasteiger partial charge in [0.2, 0.25) is 0 Å². The van der Waals surface area contributed by atoms with Gasteiger partial charge in [0.05, 0.1) is 11.7 Å². The third-order valence-electron chi connectivity index (χ3n) is 7.13. The Bertz CT molecular complexity index is 1330. The van der Waals surface area contributed by atoms with Crippen LogP contribution in [-0.2, 0) is 0 Å². The standard InChI is InChI=1S/C27H26ClN5O3/c1-27-17-22(21-16-19(28)8-9-23(21)36-27)30-26(35)33(27)20-6-4-5-18(15-20)25(34)32-13-11-31(12-14-32)24-7-2-3-10-29-24/h2-10,15-16,22H,11-14,17H2,1H3,(H,30,35). The lowest BCUT2D eigenvalue weighted by Gasteiger charge is -2.50. The first-order chi connectivity index (χ1) is 17.4. The normalized spacial score (nSPS) is 23.0. The maximum atomic E-state index is 13.4. The predicted octanol–water partition coefficient (Wildman–Crippen LogP) is 4.47. The van der Waals surface area contributed by atoms with Gasteiger partial charge in [0.15, 0.2) is 5.72 Å². The van der Waals surface area contributed by atoms with Crippen LogP contribution in [0.4, 0.5) is 16.3 Å². The molecule has 2 aromatic carbocycles. The molecule has 9 heteroatoms. The summed E-state index contributed by atoms with van der Waals surface area (Å²) in [5.41, 5.74) is 1.13. The van der Waals surface area contributed by atoms with Crippen molar-refractivity contribution >= 4 is 35.0 Å². The average molecular weight is 504 g/mol. The van der Waals surface area contributed by atoms with E-state index in [0.717, 1.165) is 11.4 Å². The highest BCUT2D eigenvalue weighted by Gasteiger charge is 2.50. The van der Waals surface area contributed by atoms with E-state index < -0.39 is 5.72 Å². The van der Waals surface area contributed by atoms with Gasteiger partial charge in [0.1, 0.15) is 11.6 Å². The molecule has 1 aromatic heterocycles. The first-order valence-corrected chi connectivity index (χ1v) is 12.4. The smallest absolute Gasteiger partial charge is 0.325 e. The first-order valence-electron chi connectivity index (χ1n) is 12.1. The zero-order valence-corrected chi connectivity index (χ0v) is 20.6. The minimum atomic E-state index is -0.899. The molecular formula is C27H26ClN5O3. The lowest BCUT2D eigenvalue weighted by Crippen LogP contribution is -2.65. The van der Waals surface area contributed by atoms with Crippen molar-refractivity contribution < 1.29 is 14.3 Å². The summed E-state index contributed by atoms with van der Waals surface area (Å²) in [6.07, 6.45) is 2.33. The number of nitrogens with zero attached hydrogens (tertiary/aromatic N) is 4. The summed E-state index contributed by atoms with van der Waals surface area (Å²) in [5, 5.41) is 3.68. The summed E-state index contributed by atoms with van der Waals surface area (Å²) in [7, 11) is 0. The van der Waals surface area contributed by atoms with Crippen LogP contribution in [0.15, 0.2) is 66.9 Å². The number of hydrogen-bond donors (Lipinski definition) is 1. The van der Waals surface area contributed by atoms with Crippen molar-refractivity contribution in [3.63, 3.8) is 0 Å². The molecule has 1 N–H and O–H groups in total. The van der Waals surface area contributed by atoms with Gasteiger partial charge < -0.3 is 19.9 Å². The summed E-state index contributed by atoms with van der Waals surface area (Å²) in [5.74, 6) is 1.56. The van der Waals surface area contributed by atoms with Crippen LogP contribution < -0.4 is 19.9 Å². The molecule has 2 unspecified atom stereocenters. The largest absolute Gasteiger partial charge is 0.467 e. The Morgan fingerprint density at radius 1 is 1.08 bits per heavy atom. The highest BCUT2D eigenvalue weighted by molar-refractivity contribution is 6.30. The summed E-state index contributed by atoms with van der Waals surface area (Å²) in [6, 6.07) is 18.1. The van der Waals surface area contributed by atoms with Crippen molar-refractivity contribution in [2.45, 2.75) is 25.1 Å². The number of carbonyl (C=O) groups excluding carboxylic acids is 2. The number of amides is 3. The predicted molar refractivity (Wildman–Crippen MR) is 138 cm³/mol. The summed E-state index contributed by atoms with van der Waals surface area (Å²) in [4.78, 5) is 36.7. The molecule has 3 amide bonds. The van der Waals surface area contributed by atoms with Gasteiger partial charge in [-0.25, -0.2) is 9.78 Å². The van der Waals surface area contributed by atoms with Crippen LogP contribution in [0, 0.1) is 0 Å². The molecule has 8 nitrogen and oxygen atoms in total. The second-order valence-corrected chi connectivity index (χ2v) is 9.95. The fourth-order valence-corrected chi connectivity index (χ4v) is 5.56. The number of hydrogen-bond acceptors (Lipinski definition) is 5. The van der Waals surface area contributed by atoms with Crippen LogP contribution in [0.2, 0.25) is 5.02 Å². The Balaban J connectivity index is 1.22. The number of nitrogens with one attached hydrogen (secondary N) is 1. The van der Waals surface area contributed by atoms with E-state index >= 15 is 0 Å². The first kappa shape index (κ1) is 22.7. The number of rotatable bonds is 3. The maximum absolute atomic E-state index is 13.4. The second kappa shape index (κ2) is 8.71. The topological polar surface area (TPSA) is 78.0 Å². The van der Waals surface area contributed by atoms with E-state index in [9.17, 15) is 9.59 Å². The molecule has 184 valence electrons. The zero-order valence-electron chi connectivity index (χ0n) is 19.9. The third kappa shape index (κ3) is 3.91. The Hall–Kier alpha value is -3.78. The molecule has 3 aliphatic rings. The lowest BCUT2D eigenvalue weighted by atomic mass is 9.90. The molecule has 2 atom stereocenters. The van der Waals surface area contributed by atoms with Gasteiger partial charge in [-0.2, -0.15) is 0 Å². The maximum Gasteiger partial charge on any atom is 0.325 e. The van der Waals surface area contributed by atoms with E-state index in [-0.39, 0.29) is 18.0 Å². The van der Waals surface area contributed by atoms with Gasteiger partial charge in [-0.15, -0.1) is 0 Å². The molecule has 0 saturated carbocycles.